The van der Waals surface area contributed by atoms with Crippen LogP contribution in [0.3, 0.4) is 0 Å². The van der Waals surface area contributed by atoms with Crippen molar-refractivity contribution < 1.29 is 19.1 Å². The van der Waals surface area contributed by atoms with Crippen LogP contribution in [0, 0.1) is 0 Å². The molecule has 0 saturated carbocycles. The highest BCUT2D eigenvalue weighted by Crippen LogP contribution is 2.16. The summed E-state index contributed by atoms with van der Waals surface area (Å²) in [6, 6.07) is 21.6. The van der Waals surface area contributed by atoms with Gasteiger partial charge in [-0.3, -0.25) is 14.4 Å². The third-order valence-electron chi connectivity index (χ3n) is 4.47. The third kappa shape index (κ3) is 5.90. The zero-order valence-electron chi connectivity index (χ0n) is 15.8. The molecule has 0 radical (unpaired) electrons. The first-order valence-corrected chi connectivity index (χ1v) is 9.27. The smallest absolute Gasteiger partial charge is 0.308 e. The molecule has 0 aliphatic rings. The van der Waals surface area contributed by atoms with Crippen LogP contribution >= 0.6 is 0 Å². The summed E-state index contributed by atoms with van der Waals surface area (Å²) in [4.78, 5) is 36.1. The van der Waals surface area contributed by atoms with Gasteiger partial charge in [-0.15, -0.1) is 0 Å². The predicted octanol–water partition coefficient (Wildman–Crippen LogP) is 2.49. The van der Waals surface area contributed by atoms with Gasteiger partial charge < -0.3 is 15.8 Å². The van der Waals surface area contributed by atoms with Gasteiger partial charge in [0.05, 0.1) is 12.8 Å². The molecule has 0 heterocycles. The molecule has 0 aliphatic carbocycles. The van der Waals surface area contributed by atoms with Gasteiger partial charge in [-0.05, 0) is 21.9 Å². The van der Waals surface area contributed by atoms with Crippen molar-refractivity contribution >= 4 is 28.6 Å². The minimum atomic E-state index is -1.12. The summed E-state index contributed by atoms with van der Waals surface area (Å²) in [7, 11) is 0. The van der Waals surface area contributed by atoms with Crippen molar-refractivity contribution in [3.05, 3.63) is 83.9 Å². The second kappa shape index (κ2) is 9.50. The van der Waals surface area contributed by atoms with E-state index >= 15 is 0 Å². The fourth-order valence-corrected chi connectivity index (χ4v) is 2.97. The van der Waals surface area contributed by atoms with Crippen molar-refractivity contribution in [2.24, 2.45) is 5.73 Å². The summed E-state index contributed by atoms with van der Waals surface area (Å²) >= 11 is 0. The number of hydrogen-bond acceptors (Lipinski definition) is 4. The first-order valence-electron chi connectivity index (χ1n) is 9.27. The molecule has 3 aromatic rings. The SMILES string of the molecule is NC(=O)[C@@H](CC(=O)OCc1ccccc1)NC(=O)Cc1ccc2ccccc2c1. The van der Waals surface area contributed by atoms with E-state index in [1.165, 1.54) is 0 Å². The van der Waals surface area contributed by atoms with Crippen LogP contribution in [0.2, 0.25) is 0 Å². The van der Waals surface area contributed by atoms with Crippen LogP contribution in [-0.2, 0) is 32.1 Å². The van der Waals surface area contributed by atoms with E-state index in [0.717, 1.165) is 21.9 Å². The van der Waals surface area contributed by atoms with E-state index in [0.29, 0.717) is 0 Å². The lowest BCUT2D eigenvalue weighted by Gasteiger charge is -2.15. The van der Waals surface area contributed by atoms with Crippen molar-refractivity contribution in [3.8, 4) is 0 Å². The molecule has 3 N–H and O–H groups in total. The van der Waals surface area contributed by atoms with Gasteiger partial charge >= 0.3 is 5.97 Å². The Morgan fingerprint density at radius 2 is 1.55 bits per heavy atom. The fraction of sp³-hybridized carbons (Fsp3) is 0.174. The molecule has 6 heteroatoms. The maximum atomic E-state index is 12.4. The fourth-order valence-electron chi connectivity index (χ4n) is 2.97. The van der Waals surface area contributed by atoms with E-state index in [1.54, 1.807) is 0 Å². The number of nitrogens with one attached hydrogen (secondary N) is 1. The molecule has 0 spiro atoms. The quantitative estimate of drug-likeness (QED) is 0.577. The number of rotatable bonds is 8. The predicted molar refractivity (Wildman–Crippen MR) is 110 cm³/mol. The maximum absolute atomic E-state index is 12.4. The Hall–Kier alpha value is -3.67. The molecule has 0 aromatic heterocycles. The Kier molecular flexibility index (Phi) is 6.58. The molecule has 148 valence electrons. The number of esters is 1. The average molecular weight is 390 g/mol. The summed E-state index contributed by atoms with van der Waals surface area (Å²) in [6.45, 7) is 0.0934. The highest BCUT2D eigenvalue weighted by atomic mass is 16.5. The molecule has 6 nitrogen and oxygen atoms in total. The number of primary amides is 1. The van der Waals surface area contributed by atoms with Crippen molar-refractivity contribution in [2.45, 2.75) is 25.5 Å². The monoisotopic (exact) mass is 390 g/mol. The van der Waals surface area contributed by atoms with Crippen LogP contribution < -0.4 is 11.1 Å². The van der Waals surface area contributed by atoms with Crippen LogP contribution in [0.25, 0.3) is 10.8 Å². The van der Waals surface area contributed by atoms with Crippen LogP contribution in [-0.4, -0.2) is 23.8 Å². The lowest BCUT2D eigenvalue weighted by molar-refractivity contribution is -0.147. The highest BCUT2D eigenvalue weighted by molar-refractivity contribution is 5.91. The molecule has 0 bridgehead atoms. The Morgan fingerprint density at radius 3 is 2.28 bits per heavy atom. The highest BCUT2D eigenvalue weighted by Gasteiger charge is 2.22. The standard InChI is InChI=1S/C23H22N2O4/c24-23(28)20(14-22(27)29-15-16-6-2-1-3-7-16)25-21(26)13-17-10-11-18-8-4-5-9-19(18)12-17/h1-12,20H,13-15H2,(H2,24,28)(H,25,26)/t20-/m1/s1. The lowest BCUT2D eigenvalue weighted by atomic mass is 10.0. The van der Waals surface area contributed by atoms with Gasteiger partial charge in [-0.25, -0.2) is 0 Å². The van der Waals surface area contributed by atoms with E-state index in [9.17, 15) is 14.4 Å². The molecule has 29 heavy (non-hydrogen) atoms. The van der Waals surface area contributed by atoms with Crippen molar-refractivity contribution in [3.63, 3.8) is 0 Å². The van der Waals surface area contributed by atoms with E-state index in [-0.39, 0.29) is 25.4 Å². The van der Waals surface area contributed by atoms with E-state index < -0.39 is 17.9 Å². The molecule has 3 rings (SSSR count). The van der Waals surface area contributed by atoms with Crippen molar-refractivity contribution in [2.75, 3.05) is 0 Å². The lowest BCUT2D eigenvalue weighted by Crippen LogP contribution is -2.46. The van der Waals surface area contributed by atoms with E-state index in [2.05, 4.69) is 5.32 Å². The number of ether oxygens (including phenoxy) is 1. The topological polar surface area (TPSA) is 98.5 Å². The van der Waals surface area contributed by atoms with Crippen LogP contribution in [0.5, 0.6) is 0 Å². The minimum Gasteiger partial charge on any atom is -0.461 e. The number of carbonyl (C=O) groups is 3. The van der Waals surface area contributed by atoms with Gasteiger partial charge in [-0.1, -0.05) is 72.8 Å². The van der Waals surface area contributed by atoms with Gasteiger partial charge in [0.2, 0.25) is 11.8 Å². The van der Waals surface area contributed by atoms with E-state index in [1.807, 2.05) is 72.8 Å². The van der Waals surface area contributed by atoms with Crippen molar-refractivity contribution in [1.82, 2.24) is 5.32 Å². The van der Waals surface area contributed by atoms with Crippen LogP contribution in [0.1, 0.15) is 17.5 Å². The zero-order chi connectivity index (χ0) is 20.6. The molecule has 2 amide bonds. The summed E-state index contributed by atoms with van der Waals surface area (Å²) in [6.07, 6.45) is -0.237. The molecular weight excluding hydrogens is 368 g/mol. The Morgan fingerprint density at radius 1 is 0.862 bits per heavy atom. The zero-order valence-corrected chi connectivity index (χ0v) is 15.8. The number of hydrogen-bond donors (Lipinski definition) is 2. The third-order valence-corrected chi connectivity index (χ3v) is 4.47. The second-order valence-corrected chi connectivity index (χ2v) is 6.73. The van der Waals surface area contributed by atoms with Gasteiger partial charge in [0.15, 0.2) is 0 Å². The molecule has 0 fully saturated rings. The molecule has 1 atom stereocenters. The largest absolute Gasteiger partial charge is 0.461 e. The number of benzene rings is 3. The summed E-state index contributed by atoms with van der Waals surface area (Å²) in [5.41, 5.74) is 6.98. The van der Waals surface area contributed by atoms with Crippen LogP contribution in [0.15, 0.2) is 72.8 Å². The molecular formula is C23H22N2O4. The van der Waals surface area contributed by atoms with Crippen LogP contribution in [0.4, 0.5) is 0 Å². The Balaban J connectivity index is 1.55. The number of nitrogens with two attached hydrogens (primary N) is 1. The van der Waals surface area contributed by atoms with Crippen molar-refractivity contribution in [1.29, 1.82) is 0 Å². The second-order valence-electron chi connectivity index (χ2n) is 6.73. The summed E-state index contributed by atoms with van der Waals surface area (Å²) < 4.78 is 5.16. The molecule has 0 aliphatic heterocycles. The van der Waals surface area contributed by atoms with Gasteiger partial charge in [0.1, 0.15) is 12.6 Å². The van der Waals surface area contributed by atoms with Gasteiger partial charge in [0, 0.05) is 0 Å². The molecule has 3 aromatic carbocycles. The van der Waals surface area contributed by atoms with Gasteiger partial charge in [0.25, 0.3) is 0 Å². The number of fused-ring (bicyclic) bond motifs is 1. The first-order chi connectivity index (χ1) is 14.0. The average Bonchev–Trinajstić information content (AvgIpc) is 2.72. The molecule has 0 unspecified atom stereocenters. The maximum Gasteiger partial charge on any atom is 0.308 e. The summed E-state index contributed by atoms with van der Waals surface area (Å²) in [5, 5.41) is 4.63. The minimum absolute atomic E-state index is 0.0771. The van der Waals surface area contributed by atoms with Gasteiger partial charge in [-0.2, -0.15) is 0 Å². The summed E-state index contributed by atoms with van der Waals surface area (Å²) in [5.74, 6) is -1.78. The van der Waals surface area contributed by atoms with E-state index in [4.69, 9.17) is 10.5 Å². The Labute approximate surface area is 168 Å². The number of carbonyl (C=O) groups excluding carboxylic acids is 3. The molecule has 0 saturated heterocycles. The number of amides is 2. The normalized spacial score (nSPS) is 11.6. The Bertz CT molecular complexity index is 1020. The first kappa shape index (κ1) is 20.1.